The number of aromatic nitrogens is 3. The number of aryl methyl sites for hydroxylation is 2. The van der Waals surface area contributed by atoms with Crippen LogP contribution in [0.5, 0.6) is 0 Å². The zero-order valence-corrected chi connectivity index (χ0v) is 10.4. The number of anilines is 1. The lowest BCUT2D eigenvalue weighted by Crippen LogP contribution is -2.01. The summed E-state index contributed by atoms with van der Waals surface area (Å²) in [5.74, 6) is 1.61. The van der Waals surface area contributed by atoms with Crippen LogP contribution >= 0.6 is 0 Å². The van der Waals surface area contributed by atoms with Crippen molar-refractivity contribution < 1.29 is 0 Å². The van der Waals surface area contributed by atoms with E-state index in [1.807, 2.05) is 32.3 Å². The first-order chi connectivity index (χ1) is 8.24. The van der Waals surface area contributed by atoms with Crippen LogP contribution in [0.4, 0.5) is 5.82 Å². The molecule has 0 fully saturated rings. The summed E-state index contributed by atoms with van der Waals surface area (Å²) in [4.78, 5) is 13.1. The lowest BCUT2D eigenvalue weighted by Gasteiger charge is -2.08. The highest BCUT2D eigenvalue weighted by atomic mass is 15.0. The van der Waals surface area contributed by atoms with Gasteiger partial charge in [-0.15, -0.1) is 0 Å². The van der Waals surface area contributed by atoms with Crippen LogP contribution in [0.15, 0.2) is 24.5 Å². The molecule has 2 heterocycles. The van der Waals surface area contributed by atoms with Crippen molar-refractivity contribution in [2.45, 2.75) is 20.3 Å². The zero-order chi connectivity index (χ0) is 12.3. The van der Waals surface area contributed by atoms with Crippen molar-refractivity contribution >= 4 is 5.82 Å². The summed E-state index contributed by atoms with van der Waals surface area (Å²) in [7, 11) is 1.87. The van der Waals surface area contributed by atoms with E-state index >= 15 is 0 Å². The molecule has 88 valence electrons. The second-order valence-corrected chi connectivity index (χ2v) is 3.86. The van der Waals surface area contributed by atoms with E-state index in [0.29, 0.717) is 0 Å². The maximum absolute atomic E-state index is 4.55. The summed E-state index contributed by atoms with van der Waals surface area (Å²) in [5, 5.41) is 3.06. The number of hydrogen-bond donors (Lipinski definition) is 1. The SMILES string of the molecule is CCc1cc(NC)nc(-c2ccncc2C)n1. The first-order valence-corrected chi connectivity index (χ1v) is 5.71. The van der Waals surface area contributed by atoms with Crippen LogP contribution in [0.25, 0.3) is 11.4 Å². The van der Waals surface area contributed by atoms with Gasteiger partial charge >= 0.3 is 0 Å². The van der Waals surface area contributed by atoms with Gasteiger partial charge < -0.3 is 5.32 Å². The molecule has 0 aliphatic carbocycles. The Morgan fingerprint density at radius 1 is 1.29 bits per heavy atom. The fraction of sp³-hybridized carbons (Fsp3) is 0.308. The van der Waals surface area contributed by atoms with Gasteiger partial charge in [0.25, 0.3) is 0 Å². The van der Waals surface area contributed by atoms with E-state index in [2.05, 4.69) is 27.2 Å². The number of rotatable bonds is 3. The number of nitrogens with one attached hydrogen (secondary N) is 1. The zero-order valence-electron chi connectivity index (χ0n) is 10.4. The number of nitrogens with zero attached hydrogens (tertiary/aromatic N) is 3. The van der Waals surface area contributed by atoms with Gasteiger partial charge in [-0.1, -0.05) is 6.92 Å². The molecule has 1 N–H and O–H groups in total. The third kappa shape index (κ3) is 2.41. The summed E-state index contributed by atoms with van der Waals surface area (Å²) >= 11 is 0. The summed E-state index contributed by atoms with van der Waals surface area (Å²) in [6.45, 7) is 4.11. The van der Waals surface area contributed by atoms with Crippen molar-refractivity contribution in [3.63, 3.8) is 0 Å². The molecule has 17 heavy (non-hydrogen) atoms. The third-order valence-electron chi connectivity index (χ3n) is 2.66. The monoisotopic (exact) mass is 228 g/mol. The standard InChI is InChI=1S/C13H16N4/c1-4-10-7-12(14-3)17-13(16-10)11-5-6-15-8-9(11)2/h5-8H,4H2,1-3H3,(H,14,16,17). The van der Waals surface area contributed by atoms with E-state index in [1.54, 1.807) is 6.20 Å². The summed E-state index contributed by atoms with van der Waals surface area (Å²) in [5.41, 5.74) is 3.16. The first-order valence-electron chi connectivity index (χ1n) is 5.71. The summed E-state index contributed by atoms with van der Waals surface area (Å²) < 4.78 is 0. The van der Waals surface area contributed by atoms with Gasteiger partial charge in [0.15, 0.2) is 5.82 Å². The van der Waals surface area contributed by atoms with E-state index < -0.39 is 0 Å². The first kappa shape index (κ1) is 11.5. The van der Waals surface area contributed by atoms with Crippen molar-refractivity contribution in [1.82, 2.24) is 15.0 Å². The highest BCUT2D eigenvalue weighted by Gasteiger charge is 2.07. The Morgan fingerprint density at radius 2 is 2.12 bits per heavy atom. The minimum absolute atomic E-state index is 0.758. The Morgan fingerprint density at radius 3 is 2.76 bits per heavy atom. The largest absolute Gasteiger partial charge is 0.373 e. The summed E-state index contributed by atoms with van der Waals surface area (Å²) in [6, 6.07) is 3.92. The molecule has 0 aliphatic heterocycles. The second-order valence-electron chi connectivity index (χ2n) is 3.86. The Bertz CT molecular complexity index is 500. The maximum atomic E-state index is 4.55. The second kappa shape index (κ2) is 4.91. The molecule has 2 aromatic rings. The molecule has 0 bridgehead atoms. The highest BCUT2D eigenvalue weighted by Crippen LogP contribution is 2.20. The maximum Gasteiger partial charge on any atom is 0.162 e. The average molecular weight is 228 g/mol. The van der Waals surface area contributed by atoms with Crippen LogP contribution in [-0.4, -0.2) is 22.0 Å². The molecule has 0 unspecified atom stereocenters. The molecule has 0 radical (unpaired) electrons. The quantitative estimate of drug-likeness (QED) is 0.876. The molecule has 2 rings (SSSR count). The number of hydrogen-bond acceptors (Lipinski definition) is 4. The van der Waals surface area contributed by atoms with Crippen molar-refractivity contribution in [2.75, 3.05) is 12.4 Å². The normalized spacial score (nSPS) is 10.3. The van der Waals surface area contributed by atoms with Gasteiger partial charge in [0, 0.05) is 36.8 Å². The van der Waals surface area contributed by atoms with E-state index in [0.717, 1.165) is 34.9 Å². The Hall–Kier alpha value is -1.97. The lowest BCUT2D eigenvalue weighted by atomic mass is 10.1. The number of pyridine rings is 1. The smallest absolute Gasteiger partial charge is 0.162 e. The predicted octanol–water partition coefficient (Wildman–Crippen LogP) is 2.45. The lowest BCUT2D eigenvalue weighted by molar-refractivity contribution is 1.00. The molecule has 4 heteroatoms. The Balaban J connectivity index is 2.55. The van der Waals surface area contributed by atoms with E-state index in [4.69, 9.17) is 0 Å². The van der Waals surface area contributed by atoms with E-state index in [9.17, 15) is 0 Å². The van der Waals surface area contributed by atoms with Gasteiger partial charge in [0.05, 0.1) is 0 Å². The van der Waals surface area contributed by atoms with Gasteiger partial charge in [0.2, 0.25) is 0 Å². The molecule has 4 nitrogen and oxygen atoms in total. The molecule has 0 aliphatic rings. The highest BCUT2D eigenvalue weighted by molar-refractivity contribution is 5.60. The molecule has 2 aromatic heterocycles. The molecule has 0 atom stereocenters. The predicted molar refractivity (Wildman–Crippen MR) is 68.9 cm³/mol. The molecule has 0 saturated heterocycles. The Kier molecular flexibility index (Phi) is 3.32. The van der Waals surface area contributed by atoms with Gasteiger partial charge in [-0.05, 0) is 25.0 Å². The van der Waals surface area contributed by atoms with Crippen molar-refractivity contribution in [1.29, 1.82) is 0 Å². The molecule has 0 amide bonds. The van der Waals surface area contributed by atoms with Gasteiger partial charge in [-0.2, -0.15) is 0 Å². The molecule has 0 spiro atoms. The van der Waals surface area contributed by atoms with Crippen LogP contribution < -0.4 is 5.32 Å². The molecule has 0 aromatic carbocycles. The van der Waals surface area contributed by atoms with Crippen molar-refractivity contribution in [3.05, 3.63) is 35.8 Å². The molecule has 0 saturated carbocycles. The minimum atomic E-state index is 0.758. The molecular weight excluding hydrogens is 212 g/mol. The van der Waals surface area contributed by atoms with Crippen LogP contribution in [0.3, 0.4) is 0 Å². The summed E-state index contributed by atoms with van der Waals surface area (Å²) in [6.07, 6.45) is 4.49. The van der Waals surface area contributed by atoms with Gasteiger partial charge in [0.1, 0.15) is 5.82 Å². The fourth-order valence-corrected chi connectivity index (χ4v) is 1.65. The Labute approximate surface area is 101 Å². The molecular formula is C13H16N4. The van der Waals surface area contributed by atoms with Crippen LogP contribution in [-0.2, 0) is 6.42 Å². The van der Waals surface area contributed by atoms with Crippen molar-refractivity contribution in [3.8, 4) is 11.4 Å². The van der Waals surface area contributed by atoms with E-state index in [1.165, 1.54) is 0 Å². The topological polar surface area (TPSA) is 50.7 Å². The van der Waals surface area contributed by atoms with E-state index in [-0.39, 0.29) is 0 Å². The van der Waals surface area contributed by atoms with Gasteiger partial charge in [-0.25, -0.2) is 9.97 Å². The fourth-order valence-electron chi connectivity index (χ4n) is 1.65. The van der Waals surface area contributed by atoms with Crippen LogP contribution in [0.1, 0.15) is 18.2 Å². The van der Waals surface area contributed by atoms with Crippen molar-refractivity contribution in [2.24, 2.45) is 0 Å². The average Bonchev–Trinajstić information content (AvgIpc) is 2.38. The van der Waals surface area contributed by atoms with Crippen LogP contribution in [0.2, 0.25) is 0 Å². The van der Waals surface area contributed by atoms with Gasteiger partial charge in [-0.3, -0.25) is 4.98 Å². The third-order valence-corrected chi connectivity index (χ3v) is 2.66. The van der Waals surface area contributed by atoms with Crippen LogP contribution in [0, 0.1) is 6.92 Å². The minimum Gasteiger partial charge on any atom is -0.373 e.